The van der Waals surface area contributed by atoms with E-state index in [-0.39, 0.29) is 11.9 Å². The number of pyridine rings is 1. The Bertz CT molecular complexity index is 922. The van der Waals surface area contributed by atoms with Crippen molar-refractivity contribution < 1.29 is 9.13 Å². The van der Waals surface area contributed by atoms with Crippen molar-refractivity contribution in [2.24, 2.45) is 7.05 Å². The number of halogens is 1. The van der Waals surface area contributed by atoms with Crippen LogP contribution in [-0.4, -0.2) is 39.4 Å². The van der Waals surface area contributed by atoms with Crippen LogP contribution in [0.4, 0.5) is 4.39 Å². The molecule has 1 aromatic carbocycles. The van der Waals surface area contributed by atoms with Gasteiger partial charge in [-0.1, -0.05) is 24.3 Å². The smallest absolute Gasteiger partial charge is 0.131 e. The van der Waals surface area contributed by atoms with E-state index in [2.05, 4.69) is 21.2 Å². The standard InChI is InChI=1S/C21H23FN4O/c1-15-17(12-25(2)24-15)13-26-9-10-27-21(14-26)20-8-7-16(11-23-20)18-5-3-4-6-19(18)22/h3-8,11-12,21H,9-10,13-14H2,1-2H3. The van der Waals surface area contributed by atoms with Gasteiger partial charge in [-0.15, -0.1) is 0 Å². The number of hydrogen-bond acceptors (Lipinski definition) is 4. The first kappa shape index (κ1) is 17.8. The van der Waals surface area contributed by atoms with Gasteiger partial charge in [0.25, 0.3) is 0 Å². The Balaban J connectivity index is 1.47. The number of nitrogens with zero attached hydrogens (tertiary/aromatic N) is 4. The Kier molecular flexibility index (Phi) is 5.01. The number of benzene rings is 1. The van der Waals surface area contributed by atoms with Crippen LogP contribution in [0.1, 0.15) is 23.1 Å². The average Bonchev–Trinajstić information content (AvgIpc) is 2.99. The molecule has 1 unspecified atom stereocenters. The molecule has 0 bridgehead atoms. The highest BCUT2D eigenvalue weighted by Crippen LogP contribution is 2.26. The Morgan fingerprint density at radius 1 is 1.22 bits per heavy atom. The fourth-order valence-corrected chi connectivity index (χ4v) is 3.52. The number of aryl methyl sites for hydroxylation is 2. The number of aromatic nitrogens is 3. The first-order valence-corrected chi connectivity index (χ1v) is 9.14. The third-order valence-electron chi connectivity index (χ3n) is 4.96. The van der Waals surface area contributed by atoms with E-state index in [1.807, 2.05) is 36.9 Å². The predicted molar refractivity (Wildman–Crippen MR) is 102 cm³/mol. The second-order valence-electron chi connectivity index (χ2n) is 6.96. The lowest BCUT2D eigenvalue weighted by atomic mass is 10.1. The van der Waals surface area contributed by atoms with Gasteiger partial charge in [-0.2, -0.15) is 5.10 Å². The highest BCUT2D eigenvalue weighted by molar-refractivity contribution is 5.63. The van der Waals surface area contributed by atoms with Crippen molar-refractivity contribution in [3.63, 3.8) is 0 Å². The van der Waals surface area contributed by atoms with Gasteiger partial charge in [0, 0.05) is 55.8 Å². The van der Waals surface area contributed by atoms with Crippen molar-refractivity contribution in [2.75, 3.05) is 19.7 Å². The van der Waals surface area contributed by atoms with E-state index >= 15 is 0 Å². The molecular weight excluding hydrogens is 343 g/mol. The van der Waals surface area contributed by atoms with E-state index in [0.717, 1.165) is 36.6 Å². The number of hydrogen-bond donors (Lipinski definition) is 0. The molecule has 140 valence electrons. The van der Waals surface area contributed by atoms with Crippen molar-refractivity contribution in [3.05, 3.63) is 71.6 Å². The van der Waals surface area contributed by atoms with E-state index in [1.165, 1.54) is 11.6 Å². The Hall–Kier alpha value is -2.57. The van der Waals surface area contributed by atoms with E-state index in [0.29, 0.717) is 12.2 Å². The molecule has 0 radical (unpaired) electrons. The molecule has 0 saturated carbocycles. The van der Waals surface area contributed by atoms with Gasteiger partial charge < -0.3 is 4.74 Å². The first-order chi connectivity index (χ1) is 13.1. The van der Waals surface area contributed by atoms with Crippen LogP contribution < -0.4 is 0 Å². The van der Waals surface area contributed by atoms with Crippen LogP contribution in [0.15, 0.2) is 48.8 Å². The van der Waals surface area contributed by atoms with E-state index in [9.17, 15) is 4.39 Å². The lowest BCUT2D eigenvalue weighted by molar-refractivity contribution is -0.0350. The third kappa shape index (κ3) is 3.91. The zero-order valence-corrected chi connectivity index (χ0v) is 15.6. The summed E-state index contributed by atoms with van der Waals surface area (Å²) in [4.78, 5) is 6.91. The molecule has 0 amide bonds. The summed E-state index contributed by atoms with van der Waals surface area (Å²) in [6.07, 6.45) is 3.72. The minimum Gasteiger partial charge on any atom is -0.369 e. The zero-order valence-electron chi connectivity index (χ0n) is 15.6. The summed E-state index contributed by atoms with van der Waals surface area (Å²) in [5.74, 6) is -0.237. The van der Waals surface area contributed by atoms with Crippen molar-refractivity contribution in [2.45, 2.75) is 19.6 Å². The van der Waals surface area contributed by atoms with E-state index < -0.39 is 0 Å². The van der Waals surface area contributed by atoms with Crippen LogP contribution in [-0.2, 0) is 18.3 Å². The maximum atomic E-state index is 14.0. The molecule has 27 heavy (non-hydrogen) atoms. The maximum Gasteiger partial charge on any atom is 0.131 e. The molecule has 1 saturated heterocycles. The zero-order chi connectivity index (χ0) is 18.8. The minimum absolute atomic E-state index is 0.0783. The van der Waals surface area contributed by atoms with Gasteiger partial charge in [-0.05, 0) is 19.1 Å². The van der Waals surface area contributed by atoms with Gasteiger partial charge in [-0.25, -0.2) is 4.39 Å². The molecule has 5 nitrogen and oxygen atoms in total. The summed E-state index contributed by atoms with van der Waals surface area (Å²) in [6.45, 7) is 5.22. The first-order valence-electron chi connectivity index (χ1n) is 9.14. The Morgan fingerprint density at radius 3 is 2.78 bits per heavy atom. The van der Waals surface area contributed by atoms with Gasteiger partial charge in [0.1, 0.15) is 11.9 Å². The molecule has 3 aromatic rings. The SMILES string of the molecule is Cc1nn(C)cc1CN1CCOC(c2ccc(-c3ccccc3F)cn2)C1. The topological polar surface area (TPSA) is 43.2 Å². The van der Waals surface area contributed by atoms with Crippen LogP contribution >= 0.6 is 0 Å². The molecule has 1 aliphatic rings. The highest BCUT2D eigenvalue weighted by Gasteiger charge is 2.24. The summed E-state index contributed by atoms with van der Waals surface area (Å²) in [6, 6.07) is 10.6. The summed E-state index contributed by atoms with van der Waals surface area (Å²) in [5, 5.41) is 4.42. The second kappa shape index (κ2) is 7.58. The largest absolute Gasteiger partial charge is 0.369 e. The van der Waals surface area contributed by atoms with Crippen LogP contribution in [0.25, 0.3) is 11.1 Å². The Morgan fingerprint density at radius 2 is 2.07 bits per heavy atom. The molecule has 6 heteroatoms. The fraction of sp³-hybridized carbons (Fsp3) is 0.333. The molecule has 0 spiro atoms. The normalized spacial score (nSPS) is 18.0. The molecule has 4 rings (SSSR count). The van der Waals surface area contributed by atoms with Crippen molar-refractivity contribution in [3.8, 4) is 11.1 Å². The lowest BCUT2D eigenvalue weighted by Gasteiger charge is -2.32. The summed E-state index contributed by atoms with van der Waals surface area (Å²) in [5.41, 5.74) is 4.52. The summed E-state index contributed by atoms with van der Waals surface area (Å²) in [7, 11) is 1.94. The van der Waals surface area contributed by atoms with Crippen LogP contribution in [0.5, 0.6) is 0 Å². The maximum absolute atomic E-state index is 14.0. The van der Waals surface area contributed by atoms with Gasteiger partial charge in [-0.3, -0.25) is 14.6 Å². The molecule has 1 fully saturated rings. The third-order valence-corrected chi connectivity index (χ3v) is 4.96. The second-order valence-corrected chi connectivity index (χ2v) is 6.96. The lowest BCUT2D eigenvalue weighted by Crippen LogP contribution is -2.38. The van der Waals surface area contributed by atoms with Gasteiger partial charge >= 0.3 is 0 Å². The van der Waals surface area contributed by atoms with Crippen LogP contribution in [0.2, 0.25) is 0 Å². The molecule has 2 aromatic heterocycles. The number of ether oxygens (including phenoxy) is 1. The monoisotopic (exact) mass is 366 g/mol. The van der Waals surface area contributed by atoms with Gasteiger partial charge in [0.15, 0.2) is 0 Å². The molecule has 1 atom stereocenters. The number of rotatable bonds is 4. The van der Waals surface area contributed by atoms with E-state index in [4.69, 9.17) is 4.74 Å². The Labute approximate surface area is 158 Å². The van der Waals surface area contributed by atoms with Crippen LogP contribution in [0.3, 0.4) is 0 Å². The molecule has 3 heterocycles. The molecule has 0 aliphatic carbocycles. The summed E-state index contributed by atoms with van der Waals surface area (Å²) >= 11 is 0. The average molecular weight is 366 g/mol. The molecule has 1 aliphatic heterocycles. The van der Waals surface area contributed by atoms with Gasteiger partial charge in [0.2, 0.25) is 0 Å². The number of morpholine rings is 1. The van der Waals surface area contributed by atoms with E-state index in [1.54, 1.807) is 18.3 Å². The summed E-state index contributed by atoms with van der Waals surface area (Å²) < 4.78 is 21.7. The van der Waals surface area contributed by atoms with Crippen molar-refractivity contribution in [1.29, 1.82) is 0 Å². The van der Waals surface area contributed by atoms with Crippen LogP contribution in [0, 0.1) is 12.7 Å². The van der Waals surface area contributed by atoms with Crippen molar-refractivity contribution >= 4 is 0 Å². The highest BCUT2D eigenvalue weighted by atomic mass is 19.1. The quantitative estimate of drug-likeness (QED) is 0.709. The fourth-order valence-electron chi connectivity index (χ4n) is 3.52. The minimum atomic E-state index is -0.237. The molecule has 0 N–H and O–H groups in total. The molecular formula is C21H23FN4O. The predicted octanol–water partition coefficient (Wildman–Crippen LogP) is 3.50. The van der Waals surface area contributed by atoms with Gasteiger partial charge in [0.05, 0.1) is 18.0 Å². The van der Waals surface area contributed by atoms with Crippen molar-refractivity contribution in [1.82, 2.24) is 19.7 Å².